The van der Waals surface area contributed by atoms with Gasteiger partial charge >= 0.3 is 12.0 Å². The van der Waals surface area contributed by atoms with Crippen molar-refractivity contribution in [2.45, 2.75) is 27.3 Å². The smallest absolute Gasteiger partial charge is 0.337 e. The van der Waals surface area contributed by atoms with E-state index in [9.17, 15) is 19.2 Å². The first-order valence-electron chi connectivity index (χ1n) is 10.5. The van der Waals surface area contributed by atoms with E-state index in [1.807, 2.05) is 37.5 Å². The van der Waals surface area contributed by atoms with Crippen molar-refractivity contribution in [1.29, 1.82) is 0 Å². The second kappa shape index (κ2) is 8.86. The lowest BCUT2D eigenvalue weighted by Gasteiger charge is -2.25. The number of aryl methyl sites for hydroxylation is 2. The molecule has 0 radical (unpaired) electrons. The van der Waals surface area contributed by atoms with E-state index in [-0.39, 0.29) is 12.1 Å². The number of carbonyl (C=O) groups excluding carboxylic acids is 4. The number of benzene rings is 1. The fourth-order valence-electron chi connectivity index (χ4n) is 3.95. The van der Waals surface area contributed by atoms with Crippen molar-refractivity contribution in [2.75, 3.05) is 7.11 Å². The van der Waals surface area contributed by atoms with Gasteiger partial charge in [-0.2, -0.15) is 0 Å². The molecule has 0 atom stereocenters. The van der Waals surface area contributed by atoms with Gasteiger partial charge in [-0.1, -0.05) is 6.07 Å². The van der Waals surface area contributed by atoms with Gasteiger partial charge < -0.3 is 13.7 Å². The average molecular weight is 461 g/mol. The second-order valence-electron chi connectivity index (χ2n) is 7.94. The number of hydrogen-bond acceptors (Lipinski definition) is 6. The van der Waals surface area contributed by atoms with Crippen LogP contribution in [0.4, 0.5) is 4.79 Å². The Balaban J connectivity index is 1.74. The molecule has 1 N–H and O–H groups in total. The molecule has 0 unspecified atom stereocenters. The van der Waals surface area contributed by atoms with Gasteiger partial charge in [0.05, 0.1) is 25.5 Å². The zero-order valence-corrected chi connectivity index (χ0v) is 19.2. The number of aromatic nitrogens is 1. The SMILES string of the molecule is COC(=O)c1ccc(C)c(-n2c(C)cc(C=C3C(=O)NC(=O)N(Cc4ccco4)C3=O)c2C)c1. The number of barbiturate groups is 1. The van der Waals surface area contributed by atoms with Gasteiger partial charge in [0.25, 0.3) is 11.8 Å². The monoisotopic (exact) mass is 461 g/mol. The number of furan rings is 1. The van der Waals surface area contributed by atoms with Crippen LogP contribution in [0.1, 0.15) is 38.6 Å². The van der Waals surface area contributed by atoms with Gasteiger partial charge in [0.2, 0.25) is 0 Å². The van der Waals surface area contributed by atoms with Crippen LogP contribution in [0.25, 0.3) is 11.8 Å². The third-order valence-electron chi connectivity index (χ3n) is 5.72. The van der Waals surface area contributed by atoms with E-state index in [1.54, 1.807) is 24.3 Å². The minimum absolute atomic E-state index is 0.0964. The summed E-state index contributed by atoms with van der Waals surface area (Å²) in [6.45, 7) is 5.56. The van der Waals surface area contributed by atoms with E-state index in [2.05, 4.69) is 5.32 Å². The molecule has 4 rings (SSSR count). The normalized spacial score (nSPS) is 15.1. The minimum Gasteiger partial charge on any atom is -0.467 e. The molecule has 1 aliphatic rings. The Bertz CT molecular complexity index is 1350. The molecule has 1 saturated heterocycles. The first kappa shape index (κ1) is 22.8. The van der Waals surface area contributed by atoms with Gasteiger partial charge in [0, 0.05) is 17.1 Å². The van der Waals surface area contributed by atoms with Crippen molar-refractivity contribution in [2.24, 2.45) is 0 Å². The summed E-state index contributed by atoms with van der Waals surface area (Å²) in [5.74, 6) is -1.51. The van der Waals surface area contributed by atoms with Crippen molar-refractivity contribution >= 4 is 29.9 Å². The first-order chi connectivity index (χ1) is 16.2. The van der Waals surface area contributed by atoms with Crippen molar-refractivity contribution in [3.8, 4) is 5.69 Å². The van der Waals surface area contributed by atoms with E-state index >= 15 is 0 Å². The van der Waals surface area contributed by atoms with E-state index in [4.69, 9.17) is 9.15 Å². The molecule has 0 bridgehead atoms. The van der Waals surface area contributed by atoms with Crippen LogP contribution in [0.3, 0.4) is 0 Å². The predicted octanol–water partition coefficient (Wildman–Crippen LogP) is 3.44. The number of amides is 4. The van der Waals surface area contributed by atoms with Gasteiger partial charge in [-0.25, -0.2) is 9.59 Å². The van der Waals surface area contributed by atoms with Crippen LogP contribution in [0.5, 0.6) is 0 Å². The van der Waals surface area contributed by atoms with Gasteiger partial charge in [-0.05, 0) is 68.3 Å². The van der Waals surface area contributed by atoms with Gasteiger partial charge in [0.15, 0.2) is 0 Å². The molecule has 2 aromatic heterocycles. The summed E-state index contributed by atoms with van der Waals surface area (Å²) < 4.78 is 12.0. The molecule has 0 saturated carbocycles. The van der Waals surface area contributed by atoms with Gasteiger partial charge in [-0.15, -0.1) is 0 Å². The number of methoxy groups -OCH3 is 1. The molecule has 0 aliphatic carbocycles. The Kier molecular flexibility index (Phi) is 5.93. The number of esters is 1. The predicted molar refractivity (Wildman–Crippen MR) is 122 cm³/mol. The summed E-state index contributed by atoms with van der Waals surface area (Å²) in [4.78, 5) is 50.8. The minimum atomic E-state index is -0.802. The van der Waals surface area contributed by atoms with E-state index in [0.29, 0.717) is 16.9 Å². The number of imide groups is 2. The zero-order valence-electron chi connectivity index (χ0n) is 19.2. The highest BCUT2D eigenvalue weighted by Crippen LogP contribution is 2.27. The van der Waals surface area contributed by atoms with Crippen LogP contribution < -0.4 is 5.32 Å². The van der Waals surface area contributed by atoms with Crippen molar-refractivity contribution < 1.29 is 28.3 Å². The number of nitrogens with one attached hydrogen (secondary N) is 1. The summed E-state index contributed by atoms with van der Waals surface area (Å²) in [5, 5.41) is 2.21. The first-order valence-corrected chi connectivity index (χ1v) is 10.5. The highest BCUT2D eigenvalue weighted by molar-refractivity contribution is 6.31. The second-order valence-corrected chi connectivity index (χ2v) is 7.94. The molecule has 9 heteroatoms. The summed E-state index contributed by atoms with van der Waals surface area (Å²) >= 11 is 0. The molecular weight excluding hydrogens is 438 g/mol. The lowest BCUT2D eigenvalue weighted by atomic mass is 10.1. The maximum absolute atomic E-state index is 13.0. The van der Waals surface area contributed by atoms with Crippen molar-refractivity contribution in [1.82, 2.24) is 14.8 Å². The standard InChI is InChI=1S/C25H23N3O6/c1-14-7-8-17(24(31)33-4)12-21(14)28-15(2)10-18(16(28)3)11-20-22(29)26-25(32)27(23(20)30)13-19-6-5-9-34-19/h5-12H,13H2,1-4H3,(H,26,29,32). The number of rotatable bonds is 5. The molecule has 4 amide bonds. The van der Waals surface area contributed by atoms with E-state index in [1.165, 1.54) is 19.4 Å². The molecule has 34 heavy (non-hydrogen) atoms. The van der Waals surface area contributed by atoms with Crippen LogP contribution >= 0.6 is 0 Å². The lowest BCUT2D eigenvalue weighted by Crippen LogP contribution is -2.53. The largest absolute Gasteiger partial charge is 0.467 e. The summed E-state index contributed by atoms with van der Waals surface area (Å²) in [6, 6.07) is 9.57. The number of nitrogens with zero attached hydrogens (tertiary/aromatic N) is 2. The molecule has 1 fully saturated rings. The quantitative estimate of drug-likeness (QED) is 0.354. The van der Waals surface area contributed by atoms with Crippen LogP contribution in [-0.4, -0.2) is 40.4 Å². The maximum atomic E-state index is 13.0. The van der Waals surface area contributed by atoms with Crippen LogP contribution in [0.2, 0.25) is 0 Å². The molecule has 0 spiro atoms. The average Bonchev–Trinajstić information content (AvgIpc) is 3.41. The molecule has 9 nitrogen and oxygen atoms in total. The molecule has 1 aliphatic heterocycles. The lowest BCUT2D eigenvalue weighted by molar-refractivity contribution is -0.130. The highest BCUT2D eigenvalue weighted by Gasteiger charge is 2.36. The number of hydrogen-bond donors (Lipinski definition) is 1. The van der Waals surface area contributed by atoms with E-state index < -0.39 is 23.8 Å². The van der Waals surface area contributed by atoms with Crippen LogP contribution in [-0.2, 0) is 20.9 Å². The molecule has 3 heterocycles. The third kappa shape index (κ3) is 4.03. The fraction of sp³-hybridized carbons (Fsp3) is 0.200. The summed E-state index contributed by atoms with van der Waals surface area (Å²) in [5.41, 5.74) is 4.17. The Hall–Kier alpha value is -4.40. The number of urea groups is 1. The third-order valence-corrected chi connectivity index (χ3v) is 5.72. The van der Waals surface area contributed by atoms with Crippen LogP contribution in [0.15, 0.2) is 52.7 Å². The topological polar surface area (TPSA) is 111 Å². The summed E-state index contributed by atoms with van der Waals surface area (Å²) in [6.07, 6.45) is 2.91. The fourth-order valence-corrected chi connectivity index (χ4v) is 3.95. The summed E-state index contributed by atoms with van der Waals surface area (Å²) in [7, 11) is 1.32. The van der Waals surface area contributed by atoms with Crippen LogP contribution in [0, 0.1) is 20.8 Å². The van der Waals surface area contributed by atoms with Crippen molar-refractivity contribution in [3.63, 3.8) is 0 Å². The number of ether oxygens (including phenoxy) is 1. The van der Waals surface area contributed by atoms with Gasteiger partial charge in [-0.3, -0.25) is 19.8 Å². The van der Waals surface area contributed by atoms with Gasteiger partial charge in [0.1, 0.15) is 11.3 Å². The zero-order chi connectivity index (χ0) is 24.6. The molecule has 3 aromatic rings. The van der Waals surface area contributed by atoms with E-state index in [0.717, 1.165) is 27.5 Å². The highest BCUT2D eigenvalue weighted by atomic mass is 16.5. The Labute approximate surface area is 195 Å². The Morgan fingerprint density at radius 2 is 1.88 bits per heavy atom. The molecule has 174 valence electrons. The maximum Gasteiger partial charge on any atom is 0.337 e. The molecule has 1 aromatic carbocycles. The van der Waals surface area contributed by atoms with Crippen molar-refractivity contribution in [3.05, 3.63) is 82.1 Å². The molecular formula is C25H23N3O6. The Morgan fingerprint density at radius 3 is 2.56 bits per heavy atom. The number of carbonyl (C=O) groups is 4. The Morgan fingerprint density at radius 1 is 1.12 bits per heavy atom.